The predicted molar refractivity (Wildman–Crippen MR) is 96.7 cm³/mol. The minimum absolute atomic E-state index is 0.0218. The minimum Gasteiger partial charge on any atom is -0.375 e. The van der Waals surface area contributed by atoms with Crippen molar-refractivity contribution in [2.24, 2.45) is 11.8 Å². The molecule has 0 radical (unpaired) electrons. The van der Waals surface area contributed by atoms with Crippen LogP contribution in [-0.4, -0.2) is 70.4 Å². The third kappa shape index (κ3) is 3.15. The SMILES string of the molecule is COCC(=O)N1C[C@H]2CN(C(=O)c3n[nH]nc3C)C[C@H]2[C@@H]1c1cccc(F)c1. The highest BCUT2D eigenvalue weighted by atomic mass is 19.1. The molecule has 0 bridgehead atoms. The lowest BCUT2D eigenvalue weighted by Crippen LogP contribution is -2.39. The van der Waals surface area contributed by atoms with Crippen molar-refractivity contribution >= 4 is 11.8 Å². The lowest BCUT2D eigenvalue weighted by Gasteiger charge is -2.29. The fourth-order valence-electron chi connectivity index (χ4n) is 4.43. The molecule has 2 fully saturated rings. The molecule has 0 saturated carbocycles. The molecular formula is C19H22FN5O3. The number of aromatic amines is 1. The van der Waals surface area contributed by atoms with Gasteiger partial charge in [0.25, 0.3) is 5.91 Å². The van der Waals surface area contributed by atoms with Crippen molar-refractivity contribution in [3.63, 3.8) is 0 Å². The average Bonchev–Trinajstić information content (AvgIpc) is 3.35. The number of hydrogen-bond donors (Lipinski definition) is 1. The zero-order valence-corrected chi connectivity index (χ0v) is 15.8. The second-order valence-electron chi connectivity index (χ2n) is 7.37. The number of aromatic nitrogens is 3. The molecule has 28 heavy (non-hydrogen) atoms. The van der Waals surface area contributed by atoms with E-state index in [0.717, 1.165) is 5.56 Å². The third-order valence-corrected chi connectivity index (χ3v) is 5.65. The van der Waals surface area contributed by atoms with Crippen molar-refractivity contribution in [2.75, 3.05) is 33.4 Å². The minimum atomic E-state index is -0.343. The maximum atomic E-state index is 13.9. The van der Waals surface area contributed by atoms with Gasteiger partial charge in [-0.05, 0) is 24.6 Å². The van der Waals surface area contributed by atoms with Gasteiger partial charge < -0.3 is 14.5 Å². The summed E-state index contributed by atoms with van der Waals surface area (Å²) in [5.74, 6) is -0.502. The van der Waals surface area contributed by atoms with Crippen LogP contribution < -0.4 is 0 Å². The van der Waals surface area contributed by atoms with Gasteiger partial charge in [0.05, 0.1) is 11.7 Å². The number of methoxy groups -OCH3 is 1. The summed E-state index contributed by atoms with van der Waals surface area (Å²) in [5, 5.41) is 10.3. The van der Waals surface area contributed by atoms with Gasteiger partial charge in [0, 0.05) is 38.6 Å². The van der Waals surface area contributed by atoms with Crippen molar-refractivity contribution in [2.45, 2.75) is 13.0 Å². The summed E-state index contributed by atoms with van der Waals surface area (Å²) in [5.41, 5.74) is 1.61. The molecule has 2 amide bonds. The molecule has 9 heteroatoms. The van der Waals surface area contributed by atoms with E-state index in [1.54, 1.807) is 22.8 Å². The maximum Gasteiger partial charge on any atom is 0.276 e. The summed E-state index contributed by atoms with van der Waals surface area (Å²) < 4.78 is 18.9. The summed E-state index contributed by atoms with van der Waals surface area (Å²) in [4.78, 5) is 28.9. The van der Waals surface area contributed by atoms with E-state index in [1.807, 2.05) is 6.07 Å². The number of rotatable bonds is 4. The quantitative estimate of drug-likeness (QED) is 0.850. The third-order valence-electron chi connectivity index (χ3n) is 5.65. The molecule has 8 nitrogen and oxygen atoms in total. The van der Waals surface area contributed by atoms with Gasteiger partial charge in [-0.25, -0.2) is 4.39 Å². The fraction of sp³-hybridized carbons (Fsp3) is 0.474. The van der Waals surface area contributed by atoms with E-state index in [4.69, 9.17) is 4.74 Å². The van der Waals surface area contributed by atoms with Crippen LogP contribution in [0.1, 0.15) is 27.8 Å². The molecule has 0 aliphatic carbocycles. The topological polar surface area (TPSA) is 91.4 Å². The molecule has 2 aliphatic heterocycles. The smallest absolute Gasteiger partial charge is 0.276 e. The Labute approximate surface area is 161 Å². The van der Waals surface area contributed by atoms with Crippen LogP contribution in [-0.2, 0) is 9.53 Å². The van der Waals surface area contributed by atoms with E-state index >= 15 is 0 Å². The summed E-state index contributed by atoms with van der Waals surface area (Å²) >= 11 is 0. The first-order chi connectivity index (χ1) is 13.5. The number of carbonyl (C=O) groups excluding carboxylic acids is 2. The Morgan fingerprint density at radius 3 is 2.79 bits per heavy atom. The molecule has 4 rings (SSSR count). The van der Waals surface area contributed by atoms with Gasteiger partial charge in [0.1, 0.15) is 12.4 Å². The molecule has 3 heterocycles. The summed E-state index contributed by atoms with van der Waals surface area (Å²) in [6.07, 6.45) is 0. The number of aryl methyl sites for hydroxylation is 1. The van der Waals surface area contributed by atoms with Gasteiger partial charge in [-0.1, -0.05) is 12.1 Å². The maximum absolute atomic E-state index is 13.9. The van der Waals surface area contributed by atoms with Gasteiger partial charge in [-0.2, -0.15) is 15.4 Å². The molecule has 2 saturated heterocycles. The van der Waals surface area contributed by atoms with E-state index < -0.39 is 0 Å². The zero-order valence-electron chi connectivity index (χ0n) is 15.8. The van der Waals surface area contributed by atoms with Crippen LogP contribution in [0.15, 0.2) is 24.3 Å². The second-order valence-corrected chi connectivity index (χ2v) is 7.37. The summed E-state index contributed by atoms with van der Waals surface area (Å²) in [7, 11) is 1.48. The number of nitrogens with zero attached hydrogens (tertiary/aromatic N) is 4. The number of amides is 2. The highest BCUT2D eigenvalue weighted by Gasteiger charge is 2.50. The van der Waals surface area contributed by atoms with E-state index in [9.17, 15) is 14.0 Å². The van der Waals surface area contributed by atoms with Crippen LogP contribution in [0.3, 0.4) is 0 Å². The Kier molecular flexibility index (Phi) is 4.84. The average molecular weight is 387 g/mol. The van der Waals surface area contributed by atoms with E-state index in [1.165, 1.54) is 19.2 Å². The molecule has 1 N–H and O–H groups in total. The van der Waals surface area contributed by atoms with Crippen LogP contribution >= 0.6 is 0 Å². The standard InChI is InChI=1S/C19H22FN5O3/c1-11-17(22-23-21-11)19(27)24-7-13-8-25(16(26)10-28-2)18(15(13)9-24)12-4-3-5-14(20)6-12/h3-6,13,15,18H,7-10H2,1-2H3,(H,21,22,23)/t13-,15-,18+/m1/s1. The molecule has 0 spiro atoms. The number of fused-ring (bicyclic) bond motifs is 1. The van der Waals surface area contributed by atoms with Crippen molar-refractivity contribution in [1.29, 1.82) is 0 Å². The van der Waals surface area contributed by atoms with Crippen LogP contribution in [0.5, 0.6) is 0 Å². The Bertz CT molecular complexity index is 901. The van der Waals surface area contributed by atoms with Crippen molar-refractivity contribution < 1.29 is 18.7 Å². The second kappa shape index (κ2) is 7.31. The molecule has 2 aromatic rings. The predicted octanol–water partition coefficient (Wildman–Crippen LogP) is 1.17. The van der Waals surface area contributed by atoms with E-state index in [0.29, 0.717) is 31.0 Å². The number of ether oxygens (including phenoxy) is 1. The number of likely N-dealkylation sites (tertiary alicyclic amines) is 2. The fourth-order valence-corrected chi connectivity index (χ4v) is 4.43. The lowest BCUT2D eigenvalue weighted by molar-refractivity contribution is -0.136. The number of nitrogens with one attached hydrogen (secondary N) is 1. The molecule has 148 valence electrons. The molecule has 0 unspecified atom stereocenters. The molecular weight excluding hydrogens is 365 g/mol. The highest BCUT2D eigenvalue weighted by molar-refractivity contribution is 5.93. The van der Waals surface area contributed by atoms with Gasteiger partial charge in [0.15, 0.2) is 5.69 Å². The van der Waals surface area contributed by atoms with Crippen LogP contribution in [0.25, 0.3) is 0 Å². The first kappa shape index (κ1) is 18.5. The van der Waals surface area contributed by atoms with Crippen LogP contribution in [0, 0.1) is 24.6 Å². The van der Waals surface area contributed by atoms with Crippen molar-refractivity contribution in [3.05, 3.63) is 47.0 Å². The normalized spacial score (nSPS) is 23.9. The molecule has 2 aliphatic rings. The first-order valence-electron chi connectivity index (χ1n) is 9.20. The zero-order chi connectivity index (χ0) is 19.8. The van der Waals surface area contributed by atoms with Crippen molar-refractivity contribution in [3.8, 4) is 0 Å². The van der Waals surface area contributed by atoms with Crippen molar-refractivity contribution in [1.82, 2.24) is 25.2 Å². The Hall–Kier alpha value is -2.81. The number of halogens is 1. The van der Waals surface area contributed by atoms with E-state index in [-0.39, 0.29) is 42.1 Å². The molecule has 1 aromatic carbocycles. The monoisotopic (exact) mass is 387 g/mol. The van der Waals surface area contributed by atoms with Crippen LogP contribution in [0.4, 0.5) is 4.39 Å². The lowest BCUT2D eigenvalue weighted by atomic mass is 9.89. The Balaban J connectivity index is 1.61. The van der Waals surface area contributed by atoms with Gasteiger partial charge in [0.2, 0.25) is 5.91 Å². The van der Waals surface area contributed by atoms with Gasteiger partial charge in [-0.15, -0.1) is 0 Å². The number of hydrogen-bond acceptors (Lipinski definition) is 5. The number of benzene rings is 1. The van der Waals surface area contributed by atoms with Gasteiger partial charge in [-0.3, -0.25) is 9.59 Å². The van der Waals surface area contributed by atoms with E-state index in [2.05, 4.69) is 15.4 Å². The number of H-pyrrole nitrogens is 1. The Morgan fingerprint density at radius 2 is 2.11 bits per heavy atom. The van der Waals surface area contributed by atoms with Crippen LogP contribution in [0.2, 0.25) is 0 Å². The summed E-state index contributed by atoms with van der Waals surface area (Å²) in [6.45, 7) is 3.22. The molecule has 3 atom stereocenters. The Morgan fingerprint density at radius 1 is 1.29 bits per heavy atom. The number of carbonyl (C=O) groups is 2. The highest BCUT2D eigenvalue weighted by Crippen LogP contribution is 2.45. The summed E-state index contributed by atoms with van der Waals surface area (Å²) in [6, 6.07) is 6.03. The van der Waals surface area contributed by atoms with Gasteiger partial charge >= 0.3 is 0 Å². The first-order valence-corrected chi connectivity index (χ1v) is 9.20. The molecule has 1 aromatic heterocycles. The largest absolute Gasteiger partial charge is 0.375 e.